The molecular formula is C10H14BrNO2. The van der Waals surface area contributed by atoms with E-state index in [9.17, 15) is 0 Å². The zero-order valence-electron chi connectivity index (χ0n) is 8.13. The van der Waals surface area contributed by atoms with Gasteiger partial charge >= 0.3 is 0 Å². The Morgan fingerprint density at radius 2 is 2.21 bits per heavy atom. The average Bonchev–Trinajstić information content (AvgIpc) is 2.21. The molecule has 0 saturated heterocycles. The topological polar surface area (TPSA) is 44.5 Å². The molecule has 0 radical (unpaired) electrons. The van der Waals surface area contributed by atoms with Gasteiger partial charge in [-0.2, -0.15) is 0 Å². The van der Waals surface area contributed by atoms with E-state index >= 15 is 0 Å². The normalized spacial score (nSPS) is 9.93. The molecule has 0 fully saturated rings. The maximum absolute atomic E-state index is 5.46. The van der Waals surface area contributed by atoms with Crippen LogP contribution in [0.1, 0.15) is 6.42 Å². The van der Waals surface area contributed by atoms with Gasteiger partial charge in [0.2, 0.25) is 0 Å². The van der Waals surface area contributed by atoms with Crippen LogP contribution in [0.15, 0.2) is 22.7 Å². The maximum Gasteiger partial charge on any atom is 0.136 e. The van der Waals surface area contributed by atoms with Crippen molar-refractivity contribution >= 4 is 15.9 Å². The van der Waals surface area contributed by atoms with Crippen LogP contribution < -0.4 is 15.2 Å². The minimum Gasteiger partial charge on any atom is -0.495 e. The van der Waals surface area contributed by atoms with Crippen molar-refractivity contribution in [2.45, 2.75) is 6.42 Å². The molecule has 0 atom stereocenters. The SMILES string of the molecule is COc1cc(OCCCN)ccc1Br. The zero-order valence-corrected chi connectivity index (χ0v) is 9.71. The molecule has 0 spiro atoms. The van der Waals surface area contributed by atoms with E-state index in [0.29, 0.717) is 13.2 Å². The monoisotopic (exact) mass is 259 g/mol. The third-order valence-corrected chi connectivity index (χ3v) is 2.39. The Kier molecular flexibility index (Phi) is 4.76. The summed E-state index contributed by atoms with van der Waals surface area (Å²) >= 11 is 3.37. The molecule has 0 aliphatic rings. The first-order chi connectivity index (χ1) is 6.77. The molecule has 0 aliphatic heterocycles. The summed E-state index contributed by atoms with van der Waals surface area (Å²) in [5.74, 6) is 1.58. The highest BCUT2D eigenvalue weighted by molar-refractivity contribution is 9.10. The molecule has 3 nitrogen and oxygen atoms in total. The van der Waals surface area contributed by atoms with Crippen molar-refractivity contribution in [3.05, 3.63) is 22.7 Å². The summed E-state index contributed by atoms with van der Waals surface area (Å²) < 4.78 is 11.5. The number of methoxy groups -OCH3 is 1. The second kappa shape index (κ2) is 5.88. The Morgan fingerprint density at radius 3 is 2.86 bits per heavy atom. The molecule has 0 heterocycles. The fraction of sp³-hybridized carbons (Fsp3) is 0.400. The van der Waals surface area contributed by atoms with Crippen LogP contribution in [0, 0.1) is 0 Å². The van der Waals surface area contributed by atoms with Crippen LogP contribution in [0.3, 0.4) is 0 Å². The second-order valence-corrected chi connectivity index (χ2v) is 3.64. The number of halogens is 1. The molecule has 0 bridgehead atoms. The van der Waals surface area contributed by atoms with Gasteiger partial charge in [0.05, 0.1) is 18.2 Å². The first kappa shape index (κ1) is 11.3. The standard InChI is InChI=1S/C10H14BrNO2/c1-13-10-7-8(3-4-9(10)11)14-6-2-5-12/h3-4,7H,2,5-6,12H2,1H3. The van der Waals surface area contributed by atoms with E-state index in [1.165, 1.54) is 0 Å². The van der Waals surface area contributed by atoms with Crippen molar-refractivity contribution in [3.8, 4) is 11.5 Å². The lowest BCUT2D eigenvalue weighted by Crippen LogP contribution is -2.06. The van der Waals surface area contributed by atoms with Crippen LogP contribution in [0.4, 0.5) is 0 Å². The Balaban J connectivity index is 2.60. The molecule has 78 valence electrons. The number of hydrogen-bond donors (Lipinski definition) is 1. The number of ether oxygens (including phenoxy) is 2. The van der Waals surface area contributed by atoms with E-state index in [4.69, 9.17) is 15.2 Å². The number of nitrogens with two attached hydrogens (primary N) is 1. The zero-order chi connectivity index (χ0) is 10.4. The molecule has 1 aromatic rings. The summed E-state index contributed by atoms with van der Waals surface area (Å²) in [7, 11) is 1.63. The summed E-state index contributed by atoms with van der Waals surface area (Å²) in [6.07, 6.45) is 0.860. The van der Waals surface area contributed by atoms with Gasteiger partial charge in [-0.05, 0) is 41.0 Å². The molecule has 0 unspecified atom stereocenters. The number of rotatable bonds is 5. The van der Waals surface area contributed by atoms with Gasteiger partial charge in [0.1, 0.15) is 11.5 Å². The van der Waals surface area contributed by atoms with Gasteiger partial charge < -0.3 is 15.2 Å². The van der Waals surface area contributed by atoms with Gasteiger partial charge in [-0.3, -0.25) is 0 Å². The largest absolute Gasteiger partial charge is 0.495 e. The lowest BCUT2D eigenvalue weighted by Gasteiger charge is -2.08. The van der Waals surface area contributed by atoms with Crippen LogP contribution in [-0.2, 0) is 0 Å². The Bertz CT molecular complexity index is 291. The van der Waals surface area contributed by atoms with Crippen LogP contribution in [0.2, 0.25) is 0 Å². The Hall–Kier alpha value is -0.740. The lowest BCUT2D eigenvalue weighted by molar-refractivity contribution is 0.310. The molecule has 0 saturated carbocycles. The van der Waals surface area contributed by atoms with Crippen molar-refractivity contribution in [1.29, 1.82) is 0 Å². The van der Waals surface area contributed by atoms with Crippen LogP contribution in [0.5, 0.6) is 11.5 Å². The number of hydrogen-bond acceptors (Lipinski definition) is 3. The van der Waals surface area contributed by atoms with Crippen LogP contribution in [0.25, 0.3) is 0 Å². The van der Waals surface area contributed by atoms with E-state index in [1.807, 2.05) is 18.2 Å². The van der Waals surface area contributed by atoms with Gasteiger partial charge in [-0.25, -0.2) is 0 Å². The summed E-state index contributed by atoms with van der Waals surface area (Å²) in [6, 6.07) is 5.64. The Labute approximate surface area is 92.3 Å². The highest BCUT2D eigenvalue weighted by Crippen LogP contribution is 2.28. The third kappa shape index (κ3) is 3.20. The predicted octanol–water partition coefficient (Wildman–Crippen LogP) is 2.19. The first-order valence-corrected chi connectivity index (χ1v) is 5.23. The number of benzene rings is 1. The van der Waals surface area contributed by atoms with E-state index in [-0.39, 0.29) is 0 Å². The minimum atomic E-state index is 0.640. The molecule has 0 amide bonds. The average molecular weight is 260 g/mol. The maximum atomic E-state index is 5.46. The highest BCUT2D eigenvalue weighted by Gasteiger charge is 2.01. The Morgan fingerprint density at radius 1 is 1.43 bits per heavy atom. The molecular weight excluding hydrogens is 246 g/mol. The molecule has 1 rings (SSSR count). The quantitative estimate of drug-likeness (QED) is 0.825. The lowest BCUT2D eigenvalue weighted by atomic mass is 10.3. The molecule has 1 aromatic carbocycles. The fourth-order valence-electron chi connectivity index (χ4n) is 1.00. The molecule has 2 N–H and O–H groups in total. The van der Waals surface area contributed by atoms with Crippen molar-refractivity contribution in [2.24, 2.45) is 5.73 Å². The minimum absolute atomic E-state index is 0.640. The summed E-state index contributed by atoms with van der Waals surface area (Å²) in [6.45, 7) is 1.29. The van der Waals surface area contributed by atoms with E-state index in [0.717, 1.165) is 22.4 Å². The van der Waals surface area contributed by atoms with Crippen molar-refractivity contribution < 1.29 is 9.47 Å². The van der Waals surface area contributed by atoms with E-state index < -0.39 is 0 Å². The van der Waals surface area contributed by atoms with Crippen molar-refractivity contribution in [3.63, 3.8) is 0 Å². The highest BCUT2D eigenvalue weighted by atomic mass is 79.9. The van der Waals surface area contributed by atoms with Gasteiger partial charge in [0, 0.05) is 6.07 Å². The summed E-state index contributed by atoms with van der Waals surface area (Å²) in [5, 5.41) is 0. The fourth-order valence-corrected chi connectivity index (χ4v) is 1.41. The summed E-state index contributed by atoms with van der Waals surface area (Å²) in [4.78, 5) is 0. The molecule has 4 heteroatoms. The molecule has 0 aromatic heterocycles. The van der Waals surface area contributed by atoms with Gasteiger partial charge in [-0.1, -0.05) is 0 Å². The van der Waals surface area contributed by atoms with Gasteiger partial charge in [0.25, 0.3) is 0 Å². The second-order valence-electron chi connectivity index (χ2n) is 2.79. The van der Waals surface area contributed by atoms with Gasteiger partial charge in [-0.15, -0.1) is 0 Å². The molecule has 14 heavy (non-hydrogen) atoms. The van der Waals surface area contributed by atoms with Crippen molar-refractivity contribution in [2.75, 3.05) is 20.3 Å². The third-order valence-electron chi connectivity index (χ3n) is 1.74. The summed E-state index contributed by atoms with van der Waals surface area (Å²) in [5.41, 5.74) is 5.36. The van der Waals surface area contributed by atoms with Crippen LogP contribution in [-0.4, -0.2) is 20.3 Å². The predicted molar refractivity (Wildman–Crippen MR) is 59.9 cm³/mol. The van der Waals surface area contributed by atoms with E-state index in [2.05, 4.69) is 15.9 Å². The van der Waals surface area contributed by atoms with Crippen LogP contribution >= 0.6 is 15.9 Å². The smallest absolute Gasteiger partial charge is 0.136 e. The van der Waals surface area contributed by atoms with Gasteiger partial charge in [0.15, 0.2) is 0 Å². The molecule has 0 aliphatic carbocycles. The van der Waals surface area contributed by atoms with E-state index in [1.54, 1.807) is 7.11 Å². The first-order valence-electron chi connectivity index (χ1n) is 4.44. The van der Waals surface area contributed by atoms with Crippen molar-refractivity contribution in [1.82, 2.24) is 0 Å².